The van der Waals surface area contributed by atoms with E-state index in [2.05, 4.69) is 37.7 Å². The van der Waals surface area contributed by atoms with Gasteiger partial charge < -0.3 is 14.5 Å². The van der Waals surface area contributed by atoms with Crippen molar-refractivity contribution in [2.45, 2.75) is 78.1 Å². The van der Waals surface area contributed by atoms with E-state index < -0.39 is 17.9 Å². The largest absolute Gasteiger partial charge is 0.486 e. The lowest BCUT2D eigenvalue weighted by molar-refractivity contribution is -0.0884. The number of nitrogens with one attached hydrogen (secondary N) is 1. The number of benzene rings is 1. The van der Waals surface area contributed by atoms with E-state index in [0.29, 0.717) is 23.4 Å². The molecule has 2 aromatic rings. The molecule has 0 fully saturated rings. The first kappa shape index (κ1) is 26.7. The van der Waals surface area contributed by atoms with Gasteiger partial charge in [-0.2, -0.15) is 13.2 Å². The van der Waals surface area contributed by atoms with Gasteiger partial charge in [0.15, 0.2) is 11.5 Å². The van der Waals surface area contributed by atoms with Gasteiger partial charge in [-0.1, -0.05) is 45.1 Å². The van der Waals surface area contributed by atoms with E-state index in [9.17, 15) is 13.2 Å². The van der Waals surface area contributed by atoms with Crippen LogP contribution in [0.2, 0.25) is 0 Å². The molecule has 0 saturated carbocycles. The van der Waals surface area contributed by atoms with Gasteiger partial charge in [-0.25, -0.2) is 4.98 Å². The zero-order chi connectivity index (χ0) is 24.6. The fraction of sp³-hybridized carbons (Fsp3) is 0.500. The Bertz CT molecular complexity index is 987. The third kappa shape index (κ3) is 8.07. The molecule has 4 nitrogen and oxygen atoms in total. The summed E-state index contributed by atoms with van der Waals surface area (Å²) >= 11 is 0. The number of hydrogen-bond acceptors (Lipinski definition) is 4. The van der Waals surface area contributed by atoms with Crippen molar-refractivity contribution in [2.24, 2.45) is 0 Å². The number of nitrogens with zero attached hydrogens (tertiary/aromatic N) is 1. The summed E-state index contributed by atoms with van der Waals surface area (Å²) in [6.45, 7) is 14.4. The Morgan fingerprint density at radius 3 is 2.61 bits per heavy atom. The first-order valence-electron chi connectivity index (χ1n) is 11.4. The molecule has 0 bridgehead atoms. The summed E-state index contributed by atoms with van der Waals surface area (Å²) in [5.74, 6) is 0.679. The van der Waals surface area contributed by atoms with Crippen molar-refractivity contribution < 1.29 is 22.3 Å². The van der Waals surface area contributed by atoms with Crippen LogP contribution in [0.25, 0.3) is 11.1 Å². The fourth-order valence-electron chi connectivity index (χ4n) is 3.59. The van der Waals surface area contributed by atoms with Crippen LogP contribution in [0.3, 0.4) is 0 Å². The van der Waals surface area contributed by atoms with Gasteiger partial charge in [0.1, 0.15) is 17.4 Å². The summed E-state index contributed by atoms with van der Waals surface area (Å²) in [7, 11) is 0. The zero-order valence-corrected chi connectivity index (χ0v) is 20.2. The lowest BCUT2D eigenvalue weighted by Gasteiger charge is -2.31. The molecule has 0 aliphatic rings. The highest BCUT2D eigenvalue weighted by molar-refractivity contribution is 5.76. The molecule has 1 aromatic carbocycles. The maximum absolute atomic E-state index is 13.2. The molecule has 0 unspecified atom stereocenters. The van der Waals surface area contributed by atoms with Gasteiger partial charge in [-0.15, -0.1) is 0 Å². The Morgan fingerprint density at radius 1 is 1.24 bits per heavy atom. The van der Waals surface area contributed by atoms with E-state index in [1.807, 2.05) is 18.2 Å². The number of ether oxygens (including phenoxy) is 1. The maximum Gasteiger partial charge on any atom is 0.416 e. The monoisotopic (exact) mass is 464 g/mol. The van der Waals surface area contributed by atoms with E-state index in [0.717, 1.165) is 37.1 Å². The highest BCUT2D eigenvalue weighted by Crippen LogP contribution is 2.35. The Kier molecular flexibility index (Phi) is 9.35. The Balaban J connectivity index is 2.33. The van der Waals surface area contributed by atoms with Crippen LogP contribution in [0.1, 0.15) is 70.9 Å². The SMILES string of the molecule is C=C(/C=C\C(=CCC)C(F)(F)F)O[C@@H](CC(C)(C)NCCCC)c1cccc2nc(C)oc12. The summed E-state index contributed by atoms with van der Waals surface area (Å²) in [5, 5.41) is 3.54. The van der Waals surface area contributed by atoms with Crippen LogP contribution in [-0.2, 0) is 4.74 Å². The number of oxazole rings is 1. The molecule has 33 heavy (non-hydrogen) atoms. The smallest absolute Gasteiger partial charge is 0.416 e. The number of fused-ring (bicyclic) bond motifs is 1. The van der Waals surface area contributed by atoms with Crippen LogP contribution >= 0.6 is 0 Å². The predicted octanol–water partition coefficient (Wildman–Crippen LogP) is 7.72. The van der Waals surface area contributed by atoms with Crippen molar-refractivity contribution in [3.63, 3.8) is 0 Å². The minimum absolute atomic E-state index is 0.142. The number of halogens is 3. The van der Waals surface area contributed by atoms with Gasteiger partial charge in [-0.3, -0.25) is 0 Å². The maximum atomic E-state index is 13.2. The van der Waals surface area contributed by atoms with Crippen molar-refractivity contribution in [3.8, 4) is 0 Å². The number of hydrogen-bond donors (Lipinski definition) is 1. The first-order chi connectivity index (χ1) is 15.5. The number of aromatic nitrogens is 1. The summed E-state index contributed by atoms with van der Waals surface area (Å²) in [6, 6.07) is 5.63. The quantitative estimate of drug-likeness (QED) is 0.198. The Hall–Kier alpha value is -2.54. The fourth-order valence-corrected chi connectivity index (χ4v) is 3.59. The summed E-state index contributed by atoms with van der Waals surface area (Å²) in [6.07, 6.45) is 1.45. The normalized spacial score (nSPS) is 14.2. The zero-order valence-electron chi connectivity index (χ0n) is 20.2. The van der Waals surface area contributed by atoms with Crippen LogP contribution < -0.4 is 5.32 Å². The van der Waals surface area contributed by atoms with Gasteiger partial charge in [0.05, 0.1) is 5.57 Å². The summed E-state index contributed by atoms with van der Waals surface area (Å²) < 4.78 is 51.6. The van der Waals surface area contributed by atoms with Crippen molar-refractivity contribution in [3.05, 3.63) is 65.8 Å². The molecule has 1 heterocycles. The van der Waals surface area contributed by atoms with Gasteiger partial charge in [0.25, 0.3) is 0 Å². The van der Waals surface area contributed by atoms with Crippen LogP contribution in [0.5, 0.6) is 0 Å². The van der Waals surface area contributed by atoms with Gasteiger partial charge in [0.2, 0.25) is 0 Å². The molecule has 0 spiro atoms. The van der Waals surface area contributed by atoms with Crippen molar-refractivity contribution in [1.82, 2.24) is 10.3 Å². The topological polar surface area (TPSA) is 47.3 Å². The van der Waals surface area contributed by atoms with Crippen molar-refractivity contribution in [2.75, 3.05) is 6.54 Å². The average Bonchev–Trinajstić information content (AvgIpc) is 3.09. The molecule has 1 aromatic heterocycles. The second-order valence-electron chi connectivity index (χ2n) is 8.77. The second kappa shape index (κ2) is 11.5. The molecule has 1 atom stereocenters. The molecular weight excluding hydrogens is 429 g/mol. The van der Waals surface area contributed by atoms with Crippen LogP contribution in [-0.4, -0.2) is 23.2 Å². The molecule has 0 radical (unpaired) electrons. The van der Waals surface area contributed by atoms with E-state index in [1.54, 1.807) is 13.8 Å². The highest BCUT2D eigenvalue weighted by atomic mass is 19.4. The molecule has 0 aliphatic carbocycles. The Labute approximate surface area is 194 Å². The Morgan fingerprint density at radius 2 is 1.97 bits per heavy atom. The van der Waals surface area contributed by atoms with Gasteiger partial charge >= 0.3 is 6.18 Å². The third-order valence-electron chi connectivity index (χ3n) is 5.22. The van der Waals surface area contributed by atoms with Crippen molar-refractivity contribution in [1.29, 1.82) is 0 Å². The predicted molar refractivity (Wildman–Crippen MR) is 127 cm³/mol. The minimum atomic E-state index is -4.43. The number of allylic oxidation sites excluding steroid dienone is 4. The van der Waals surface area contributed by atoms with Crippen LogP contribution in [0, 0.1) is 6.92 Å². The molecule has 0 amide bonds. The lowest BCUT2D eigenvalue weighted by atomic mass is 9.92. The first-order valence-corrected chi connectivity index (χ1v) is 11.4. The van der Waals surface area contributed by atoms with Gasteiger partial charge in [-0.05, 0) is 51.5 Å². The highest BCUT2D eigenvalue weighted by Gasteiger charge is 2.31. The molecular formula is C26H35F3N2O2. The number of para-hydroxylation sites is 1. The van der Waals surface area contributed by atoms with E-state index >= 15 is 0 Å². The van der Waals surface area contributed by atoms with Crippen LogP contribution in [0.15, 0.2) is 58.8 Å². The number of unbranched alkanes of at least 4 members (excludes halogenated alkanes) is 1. The van der Waals surface area contributed by atoms with Crippen molar-refractivity contribution >= 4 is 11.1 Å². The number of alkyl halides is 3. The van der Waals surface area contributed by atoms with Crippen LogP contribution in [0.4, 0.5) is 13.2 Å². The van der Waals surface area contributed by atoms with E-state index in [-0.39, 0.29) is 17.7 Å². The summed E-state index contributed by atoms with van der Waals surface area (Å²) in [5.41, 5.74) is 1.10. The molecule has 1 N–H and O–H groups in total. The molecule has 2 rings (SSSR count). The minimum Gasteiger partial charge on any atom is -0.486 e. The number of aryl methyl sites for hydroxylation is 1. The van der Waals surface area contributed by atoms with E-state index in [1.165, 1.54) is 6.08 Å². The van der Waals surface area contributed by atoms with Gasteiger partial charge in [0, 0.05) is 24.4 Å². The third-order valence-corrected chi connectivity index (χ3v) is 5.22. The summed E-state index contributed by atoms with van der Waals surface area (Å²) in [4.78, 5) is 4.39. The molecule has 0 aliphatic heterocycles. The average molecular weight is 465 g/mol. The second-order valence-corrected chi connectivity index (χ2v) is 8.77. The molecule has 7 heteroatoms. The number of rotatable bonds is 12. The lowest BCUT2D eigenvalue weighted by Crippen LogP contribution is -2.41. The molecule has 182 valence electrons. The molecule has 0 saturated heterocycles. The standard InChI is InChI=1S/C26H35F3N2O2/c1-7-9-16-30-25(5,6)17-23(21-12-10-13-22-24(21)33-19(4)31-22)32-18(3)14-15-20(11-8-2)26(27,28)29/h10-15,23,30H,3,7-9,16-17H2,1-2,4-6H3/b15-14-,20-11?/t23-/m0/s1. The van der Waals surface area contributed by atoms with E-state index in [4.69, 9.17) is 9.15 Å².